The molecular formula is C20H35NO6. The van der Waals surface area contributed by atoms with E-state index in [-0.39, 0.29) is 32.8 Å². The monoisotopic (exact) mass is 385 g/mol. The molecule has 0 saturated carbocycles. The van der Waals surface area contributed by atoms with Gasteiger partial charge in [0.2, 0.25) is 5.54 Å². The van der Waals surface area contributed by atoms with E-state index in [0.29, 0.717) is 25.7 Å². The number of ether oxygens (including phenoxy) is 3. The average molecular weight is 386 g/mol. The van der Waals surface area contributed by atoms with Gasteiger partial charge in [-0.25, -0.2) is 14.4 Å². The average Bonchev–Trinajstić information content (AvgIpc) is 2.68. The molecule has 1 amide bonds. The van der Waals surface area contributed by atoms with E-state index in [1.165, 1.54) is 4.90 Å². The molecule has 1 fully saturated rings. The molecule has 0 unspecified atom stereocenters. The van der Waals surface area contributed by atoms with Crippen LogP contribution in [-0.4, -0.2) is 54.8 Å². The molecule has 7 nitrogen and oxygen atoms in total. The molecule has 1 aliphatic rings. The molecule has 0 bridgehead atoms. The van der Waals surface area contributed by atoms with Crippen LogP contribution >= 0.6 is 0 Å². The Bertz CT molecular complexity index is 457. The van der Waals surface area contributed by atoms with Crippen LogP contribution in [0.5, 0.6) is 0 Å². The second kappa shape index (κ2) is 12.6. The van der Waals surface area contributed by atoms with Crippen LogP contribution in [-0.2, 0) is 23.8 Å². The highest BCUT2D eigenvalue weighted by Crippen LogP contribution is 2.32. The lowest BCUT2D eigenvalue weighted by molar-refractivity contribution is -0.177. The fourth-order valence-corrected chi connectivity index (χ4v) is 2.97. The van der Waals surface area contributed by atoms with E-state index in [9.17, 15) is 14.4 Å². The van der Waals surface area contributed by atoms with Gasteiger partial charge in [-0.2, -0.15) is 0 Å². The second-order valence-corrected chi connectivity index (χ2v) is 6.92. The Kier molecular flexibility index (Phi) is 10.8. The number of nitrogens with zero attached hydrogens (tertiary/aromatic N) is 1. The summed E-state index contributed by atoms with van der Waals surface area (Å²) in [5.41, 5.74) is -1.73. The quantitative estimate of drug-likeness (QED) is 0.233. The third kappa shape index (κ3) is 6.40. The lowest BCUT2D eigenvalue weighted by atomic mass is 9.86. The Labute approximate surface area is 162 Å². The standard InChI is InChI=1S/C20H35NO6/c1-4-7-14-25-17(22)20(18(23)26-15-8-5-2)12-10-11-13-21(20)19(24)27-16-9-6-3/h4-16H2,1-3H3. The molecule has 156 valence electrons. The number of hydrogen-bond acceptors (Lipinski definition) is 6. The minimum absolute atomic E-state index is 0.200. The first-order chi connectivity index (χ1) is 13.0. The SMILES string of the molecule is CCCCOC(=O)N1CCCCC1(C(=O)OCCCC)C(=O)OCCCC. The van der Waals surface area contributed by atoms with Crippen molar-refractivity contribution in [1.82, 2.24) is 4.90 Å². The smallest absolute Gasteiger partial charge is 0.411 e. The van der Waals surface area contributed by atoms with Crippen molar-refractivity contribution in [2.24, 2.45) is 0 Å². The summed E-state index contributed by atoms with van der Waals surface area (Å²) in [5, 5.41) is 0. The van der Waals surface area contributed by atoms with Gasteiger partial charge >= 0.3 is 18.0 Å². The van der Waals surface area contributed by atoms with Gasteiger partial charge in [-0.3, -0.25) is 4.90 Å². The van der Waals surface area contributed by atoms with Gasteiger partial charge in [-0.15, -0.1) is 0 Å². The lowest BCUT2D eigenvalue weighted by Gasteiger charge is -2.41. The van der Waals surface area contributed by atoms with Crippen molar-refractivity contribution in [3.05, 3.63) is 0 Å². The number of unbranched alkanes of at least 4 members (excludes halogenated alkanes) is 3. The van der Waals surface area contributed by atoms with Crippen LogP contribution in [0.4, 0.5) is 4.79 Å². The first-order valence-corrected chi connectivity index (χ1v) is 10.3. The molecule has 1 rings (SSSR count). The summed E-state index contributed by atoms with van der Waals surface area (Å²) >= 11 is 0. The molecular weight excluding hydrogens is 350 g/mol. The fourth-order valence-electron chi connectivity index (χ4n) is 2.97. The maximum absolute atomic E-state index is 12.9. The Morgan fingerprint density at radius 1 is 0.778 bits per heavy atom. The lowest BCUT2D eigenvalue weighted by Crippen LogP contribution is -2.65. The first-order valence-electron chi connectivity index (χ1n) is 10.3. The van der Waals surface area contributed by atoms with Gasteiger partial charge in [0.25, 0.3) is 0 Å². The zero-order valence-corrected chi connectivity index (χ0v) is 17.1. The van der Waals surface area contributed by atoms with Crippen molar-refractivity contribution in [2.75, 3.05) is 26.4 Å². The summed E-state index contributed by atoms with van der Waals surface area (Å²) < 4.78 is 16.0. The number of carbonyl (C=O) groups excluding carboxylic acids is 3. The summed E-state index contributed by atoms with van der Waals surface area (Å²) in [4.78, 5) is 39.8. The molecule has 7 heteroatoms. The zero-order valence-electron chi connectivity index (χ0n) is 17.1. The van der Waals surface area contributed by atoms with Gasteiger partial charge < -0.3 is 14.2 Å². The number of amides is 1. The van der Waals surface area contributed by atoms with Crippen molar-refractivity contribution in [3.8, 4) is 0 Å². The number of piperidine rings is 1. The van der Waals surface area contributed by atoms with Crippen molar-refractivity contribution in [2.45, 2.75) is 84.1 Å². The molecule has 0 aromatic carbocycles. The van der Waals surface area contributed by atoms with E-state index in [2.05, 4.69) is 0 Å². The third-order valence-corrected chi connectivity index (χ3v) is 4.71. The van der Waals surface area contributed by atoms with Gasteiger partial charge in [0, 0.05) is 6.54 Å². The normalized spacial score (nSPS) is 15.9. The molecule has 1 saturated heterocycles. The van der Waals surface area contributed by atoms with Crippen molar-refractivity contribution in [3.63, 3.8) is 0 Å². The maximum Gasteiger partial charge on any atom is 0.411 e. The van der Waals surface area contributed by atoms with Crippen molar-refractivity contribution in [1.29, 1.82) is 0 Å². The molecule has 0 atom stereocenters. The van der Waals surface area contributed by atoms with E-state index in [1.807, 2.05) is 20.8 Å². The number of rotatable bonds is 11. The Hall–Kier alpha value is -1.79. The molecule has 1 aliphatic heterocycles. The van der Waals surface area contributed by atoms with Crippen LogP contribution in [0.3, 0.4) is 0 Å². The summed E-state index contributed by atoms with van der Waals surface area (Å²) in [6.45, 7) is 6.95. The van der Waals surface area contributed by atoms with Crippen LogP contribution in [0.1, 0.15) is 78.6 Å². The molecule has 0 spiro atoms. The topological polar surface area (TPSA) is 82.1 Å². The summed E-state index contributed by atoms with van der Waals surface area (Å²) in [5.74, 6) is -1.41. The minimum Gasteiger partial charge on any atom is -0.463 e. The largest absolute Gasteiger partial charge is 0.463 e. The van der Waals surface area contributed by atoms with Crippen LogP contribution < -0.4 is 0 Å². The molecule has 27 heavy (non-hydrogen) atoms. The highest BCUT2D eigenvalue weighted by atomic mass is 16.6. The van der Waals surface area contributed by atoms with E-state index < -0.39 is 23.6 Å². The summed E-state index contributed by atoms with van der Waals surface area (Å²) in [7, 11) is 0. The fraction of sp³-hybridized carbons (Fsp3) is 0.850. The second-order valence-electron chi connectivity index (χ2n) is 6.92. The number of carbonyl (C=O) groups is 3. The summed E-state index contributed by atoms with van der Waals surface area (Å²) in [6, 6.07) is 0. The molecule has 0 N–H and O–H groups in total. The van der Waals surface area contributed by atoms with Crippen LogP contribution in [0.2, 0.25) is 0 Å². The number of likely N-dealkylation sites (tertiary alicyclic amines) is 1. The Morgan fingerprint density at radius 3 is 1.74 bits per heavy atom. The van der Waals surface area contributed by atoms with Gasteiger partial charge in [-0.1, -0.05) is 40.0 Å². The Morgan fingerprint density at radius 2 is 1.26 bits per heavy atom. The highest BCUT2D eigenvalue weighted by Gasteiger charge is 2.57. The maximum atomic E-state index is 12.9. The van der Waals surface area contributed by atoms with Crippen LogP contribution in [0.15, 0.2) is 0 Å². The van der Waals surface area contributed by atoms with Crippen molar-refractivity contribution < 1.29 is 28.6 Å². The number of esters is 2. The third-order valence-electron chi connectivity index (χ3n) is 4.71. The zero-order chi connectivity index (χ0) is 20.1. The van der Waals surface area contributed by atoms with E-state index in [4.69, 9.17) is 14.2 Å². The van der Waals surface area contributed by atoms with E-state index in [0.717, 1.165) is 25.7 Å². The van der Waals surface area contributed by atoms with Gasteiger partial charge in [-0.05, 0) is 38.5 Å². The summed E-state index contributed by atoms with van der Waals surface area (Å²) in [6.07, 6.45) is 5.65. The van der Waals surface area contributed by atoms with E-state index >= 15 is 0 Å². The van der Waals surface area contributed by atoms with Gasteiger partial charge in [0.05, 0.1) is 19.8 Å². The predicted molar refractivity (Wildman–Crippen MR) is 101 cm³/mol. The first kappa shape index (κ1) is 23.2. The molecule has 0 aromatic rings. The van der Waals surface area contributed by atoms with Crippen LogP contribution in [0, 0.1) is 0 Å². The molecule has 0 aliphatic carbocycles. The van der Waals surface area contributed by atoms with Crippen LogP contribution in [0.25, 0.3) is 0 Å². The van der Waals surface area contributed by atoms with Crippen molar-refractivity contribution >= 4 is 18.0 Å². The number of hydrogen-bond donors (Lipinski definition) is 0. The van der Waals surface area contributed by atoms with Gasteiger partial charge in [0.1, 0.15) is 0 Å². The van der Waals surface area contributed by atoms with Gasteiger partial charge in [0.15, 0.2) is 0 Å². The molecule has 1 heterocycles. The molecule has 0 aromatic heterocycles. The molecule has 0 radical (unpaired) electrons. The Balaban J connectivity index is 3.03. The minimum atomic E-state index is -1.73. The predicted octanol–water partition coefficient (Wildman–Crippen LogP) is 3.83. The van der Waals surface area contributed by atoms with E-state index in [1.54, 1.807) is 0 Å². The highest BCUT2D eigenvalue weighted by molar-refractivity contribution is 6.07.